The lowest BCUT2D eigenvalue weighted by atomic mass is 10.7. The average molecular weight is 119 g/mol. The van der Waals surface area contributed by atoms with Crippen molar-refractivity contribution in [2.45, 2.75) is 12.3 Å². The van der Waals surface area contributed by atoms with Crippen LogP contribution in [0.1, 0.15) is 6.92 Å². The fraction of sp³-hybridized carbons (Fsp3) is 1.00. The first-order valence-electron chi connectivity index (χ1n) is 2.37. The average Bonchev–Trinajstić information content (AvgIpc) is 1.65. The molecular weight excluding hydrogens is 106 g/mol. The Kier molecular flexibility index (Phi) is 3.48. The molecule has 0 saturated carbocycles. The van der Waals surface area contributed by atoms with E-state index >= 15 is 0 Å². The van der Waals surface area contributed by atoms with Gasteiger partial charge in [-0.05, 0) is 6.26 Å². The van der Waals surface area contributed by atoms with E-state index in [1.54, 1.807) is 0 Å². The second-order valence-corrected chi connectivity index (χ2v) is 2.95. The van der Waals surface area contributed by atoms with Gasteiger partial charge in [-0.25, -0.2) is 0 Å². The van der Waals surface area contributed by atoms with Gasteiger partial charge in [-0.15, -0.1) is 0 Å². The van der Waals surface area contributed by atoms with Crippen molar-refractivity contribution in [3.63, 3.8) is 0 Å². The summed E-state index contributed by atoms with van der Waals surface area (Å²) < 4.78 is 0. The summed E-state index contributed by atoms with van der Waals surface area (Å²) >= 11 is 1.86. The molecule has 1 radical (unpaired) electrons. The zero-order valence-electron chi connectivity index (χ0n) is 5.43. The third-order valence-electron chi connectivity index (χ3n) is 1.07. The topological polar surface area (TPSA) is 5.90 Å². The lowest BCUT2D eigenvalue weighted by Gasteiger charge is -2.05. The Morgan fingerprint density at radius 2 is 1.86 bits per heavy atom. The molecule has 0 bridgehead atoms. The van der Waals surface area contributed by atoms with Gasteiger partial charge in [0.05, 0.1) is 0 Å². The second-order valence-electron chi connectivity index (χ2n) is 1.80. The molecule has 0 rings (SSSR count). The Balaban J connectivity index is 3.14. The summed E-state index contributed by atoms with van der Waals surface area (Å²) in [7, 11) is 4.17. The molecule has 0 N–H and O–H groups in total. The Labute approximate surface area is 50.1 Å². The Morgan fingerprint density at radius 1 is 1.43 bits per heavy atom. The minimum Gasteiger partial charge on any atom is -0.164 e. The van der Waals surface area contributed by atoms with Crippen LogP contribution in [-0.2, 0) is 0 Å². The van der Waals surface area contributed by atoms with Crippen LogP contribution in [0.15, 0.2) is 0 Å². The number of nitrogens with zero attached hydrogens (tertiary/aromatic N) is 1. The maximum Gasteiger partial charge on any atom is 0.175 e. The number of hydrogen-bond acceptors (Lipinski definition) is 2. The molecular formula is C5H13NS+. The summed E-state index contributed by atoms with van der Waals surface area (Å²) in [6.45, 7) is 2.19. The van der Waals surface area contributed by atoms with E-state index in [0.717, 1.165) is 0 Å². The van der Waals surface area contributed by atoms with Crippen LogP contribution in [0, 0.1) is 0 Å². The SMILES string of the molecule is CSC(C)[N+](C)C. The van der Waals surface area contributed by atoms with E-state index in [0.29, 0.717) is 5.37 Å². The monoisotopic (exact) mass is 119 g/mol. The third kappa shape index (κ3) is 2.94. The Morgan fingerprint density at radius 3 is 1.86 bits per heavy atom. The van der Waals surface area contributed by atoms with E-state index < -0.39 is 0 Å². The molecule has 0 aliphatic carbocycles. The lowest BCUT2D eigenvalue weighted by molar-refractivity contribution is 0.560. The summed E-state index contributed by atoms with van der Waals surface area (Å²) in [6.07, 6.45) is 2.12. The van der Waals surface area contributed by atoms with Gasteiger partial charge in [-0.3, -0.25) is 0 Å². The van der Waals surface area contributed by atoms with Crippen LogP contribution < -0.4 is 4.90 Å². The van der Waals surface area contributed by atoms with E-state index in [1.807, 2.05) is 11.8 Å². The molecule has 0 aromatic rings. The highest BCUT2D eigenvalue weighted by atomic mass is 32.2. The van der Waals surface area contributed by atoms with Crippen LogP contribution in [0.3, 0.4) is 0 Å². The zero-order chi connectivity index (χ0) is 5.86. The van der Waals surface area contributed by atoms with Gasteiger partial charge in [0.2, 0.25) is 0 Å². The van der Waals surface area contributed by atoms with Gasteiger partial charge in [0, 0.05) is 6.92 Å². The maximum atomic E-state index is 2.19. The van der Waals surface area contributed by atoms with Gasteiger partial charge in [0.15, 0.2) is 5.37 Å². The molecule has 0 heterocycles. The van der Waals surface area contributed by atoms with Crippen molar-refractivity contribution in [2.24, 2.45) is 0 Å². The summed E-state index contributed by atoms with van der Waals surface area (Å²) in [5, 5.41) is 0.653. The number of rotatable bonds is 2. The molecule has 1 atom stereocenters. The highest BCUT2D eigenvalue weighted by Gasteiger charge is 2.08. The summed E-state index contributed by atoms with van der Waals surface area (Å²) in [5.74, 6) is 0. The van der Waals surface area contributed by atoms with Crippen LogP contribution in [0.25, 0.3) is 0 Å². The van der Waals surface area contributed by atoms with Gasteiger partial charge in [0.1, 0.15) is 14.1 Å². The minimum atomic E-state index is 0.653. The second kappa shape index (κ2) is 3.33. The van der Waals surface area contributed by atoms with Gasteiger partial charge in [-0.2, -0.15) is 4.90 Å². The van der Waals surface area contributed by atoms with Crippen molar-refractivity contribution >= 4 is 11.8 Å². The van der Waals surface area contributed by atoms with Crippen molar-refractivity contribution in [2.75, 3.05) is 20.4 Å². The Bertz CT molecular complexity index is 45.3. The predicted molar refractivity (Wildman–Crippen MR) is 37.0 cm³/mol. The summed E-state index contributed by atoms with van der Waals surface area (Å²) in [4.78, 5) is 2.19. The maximum absolute atomic E-state index is 2.19. The molecule has 1 unspecified atom stereocenters. The molecule has 0 aliphatic heterocycles. The molecule has 0 saturated heterocycles. The highest BCUT2D eigenvalue weighted by Crippen LogP contribution is 2.03. The molecule has 0 spiro atoms. The first kappa shape index (κ1) is 7.31. The van der Waals surface area contributed by atoms with E-state index in [-0.39, 0.29) is 0 Å². The van der Waals surface area contributed by atoms with Crippen molar-refractivity contribution in [3.05, 3.63) is 0 Å². The van der Waals surface area contributed by atoms with Gasteiger partial charge in [-0.1, -0.05) is 11.8 Å². The molecule has 0 aromatic heterocycles. The Hall–Kier alpha value is 0.310. The lowest BCUT2D eigenvalue weighted by Crippen LogP contribution is -2.26. The highest BCUT2D eigenvalue weighted by molar-refractivity contribution is 7.99. The van der Waals surface area contributed by atoms with Crippen molar-refractivity contribution in [3.8, 4) is 0 Å². The van der Waals surface area contributed by atoms with E-state index in [4.69, 9.17) is 0 Å². The number of hydrogen-bond donors (Lipinski definition) is 0. The van der Waals surface area contributed by atoms with Crippen molar-refractivity contribution in [1.82, 2.24) is 4.90 Å². The smallest absolute Gasteiger partial charge is 0.164 e. The van der Waals surface area contributed by atoms with Crippen LogP contribution in [-0.4, -0.2) is 25.7 Å². The molecule has 7 heavy (non-hydrogen) atoms. The fourth-order valence-corrected chi connectivity index (χ4v) is 0.632. The fourth-order valence-electron chi connectivity index (χ4n) is 0.211. The van der Waals surface area contributed by atoms with Crippen molar-refractivity contribution in [1.29, 1.82) is 0 Å². The van der Waals surface area contributed by atoms with Crippen LogP contribution in [0.4, 0.5) is 0 Å². The first-order valence-corrected chi connectivity index (χ1v) is 3.66. The molecule has 2 heteroatoms. The van der Waals surface area contributed by atoms with Gasteiger partial charge < -0.3 is 0 Å². The molecule has 0 fully saturated rings. The van der Waals surface area contributed by atoms with Crippen LogP contribution in [0.5, 0.6) is 0 Å². The normalized spacial score (nSPS) is 15.0. The molecule has 0 aliphatic rings. The molecule has 0 aromatic carbocycles. The molecule has 1 nitrogen and oxygen atoms in total. The summed E-state index contributed by atoms with van der Waals surface area (Å²) in [6, 6.07) is 0. The van der Waals surface area contributed by atoms with E-state index in [1.165, 1.54) is 0 Å². The third-order valence-corrected chi connectivity index (χ3v) is 2.17. The van der Waals surface area contributed by atoms with Crippen molar-refractivity contribution < 1.29 is 0 Å². The minimum absolute atomic E-state index is 0.653. The number of thioether (sulfide) groups is 1. The largest absolute Gasteiger partial charge is 0.175 e. The van der Waals surface area contributed by atoms with Gasteiger partial charge in [0.25, 0.3) is 0 Å². The first-order chi connectivity index (χ1) is 3.18. The van der Waals surface area contributed by atoms with E-state index in [9.17, 15) is 0 Å². The van der Waals surface area contributed by atoms with Crippen LogP contribution in [0.2, 0.25) is 0 Å². The van der Waals surface area contributed by atoms with Crippen LogP contribution >= 0.6 is 11.8 Å². The zero-order valence-corrected chi connectivity index (χ0v) is 6.25. The quantitative estimate of drug-likeness (QED) is 0.389. The molecule has 43 valence electrons. The summed E-state index contributed by atoms with van der Waals surface area (Å²) in [5.41, 5.74) is 0. The van der Waals surface area contributed by atoms with E-state index in [2.05, 4.69) is 32.2 Å². The molecule has 0 amide bonds. The predicted octanol–water partition coefficient (Wildman–Crippen LogP) is 1.10. The standard InChI is InChI=1S/C5H13NS/c1-5(7-4)6(2)3/h5H,1-4H3/q+1. The van der Waals surface area contributed by atoms with Gasteiger partial charge >= 0.3 is 0 Å².